The summed E-state index contributed by atoms with van der Waals surface area (Å²) < 4.78 is 3.18. The number of benzene rings is 1. The Balaban J connectivity index is 2.29. The fourth-order valence-corrected chi connectivity index (χ4v) is 4.14. The molecule has 2 aromatic rings. The molecule has 1 aromatic heterocycles. The molecule has 0 aliphatic carbocycles. The van der Waals surface area contributed by atoms with E-state index in [2.05, 4.69) is 42.1 Å². The number of aromatic nitrogens is 2. The summed E-state index contributed by atoms with van der Waals surface area (Å²) >= 11 is 6.79. The fourth-order valence-electron chi connectivity index (χ4n) is 3.26. The van der Waals surface area contributed by atoms with Gasteiger partial charge < -0.3 is 25.1 Å². The Morgan fingerprint density at radius 3 is 2.80 bits per heavy atom. The van der Waals surface area contributed by atoms with Crippen LogP contribution in [0.1, 0.15) is 19.9 Å². The van der Waals surface area contributed by atoms with Crippen LogP contribution in [0.4, 0.5) is 11.6 Å². The van der Waals surface area contributed by atoms with Crippen molar-refractivity contribution in [3.63, 3.8) is 0 Å². The molecule has 4 N–H and O–H groups in total. The number of piperazine rings is 1. The van der Waals surface area contributed by atoms with E-state index in [1.807, 2.05) is 24.5 Å². The maximum absolute atomic E-state index is 11.8. The van der Waals surface area contributed by atoms with Gasteiger partial charge in [0.25, 0.3) is 0 Å². The van der Waals surface area contributed by atoms with E-state index in [4.69, 9.17) is 4.98 Å². The van der Waals surface area contributed by atoms with E-state index in [0.717, 1.165) is 12.1 Å². The third kappa shape index (κ3) is 3.32. The van der Waals surface area contributed by atoms with Gasteiger partial charge in [-0.05, 0) is 51.8 Å². The monoisotopic (exact) mass is 477 g/mol. The van der Waals surface area contributed by atoms with E-state index >= 15 is 0 Å². The first-order valence-electron chi connectivity index (χ1n) is 8.08. The summed E-state index contributed by atoms with van der Waals surface area (Å²) in [4.78, 5) is 6.76. The number of imidazole rings is 1. The van der Waals surface area contributed by atoms with Crippen LogP contribution in [-0.4, -0.2) is 52.1 Å². The molecule has 0 spiro atoms. The standard InChI is InChI=1S/C15H21Br2N5O3/c1-8(2)21-11-5-10(16)12(17)14(22(24)25)13(11)19-15(21)20-4-3-18-6-9(20)7-23/h5,8-9,18,22-24H,3-4,6-7H2,1-2H3. The molecule has 1 aromatic carbocycles. The molecule has 8 nitrogen and oxygen atoms in total. The van der Waals surface area contributed by atoms with Crippen LogP contribution in [0.2, 0.25) is 0 Å². The second-order valence-electron chi connectivity index (χ2n) is 6.33. The minimum Gasteiger partial charge on any atom is -0.595 e. The van der Waals surface area contributed by atoms with Gasteiger partial charge in [0.2, 0.25) is 11.6 Å². The molecule has 25 heavy (non-hydrogen) atoms. The number of hydrogen-bond donors (Lipinski definition) is 4. The first-order valence-corrected chi connectivity index (χ1v) is 9.66. The molecule has 138 valence electrons. The van der Waals surface area contributed by atoms with Gasteiger partial charge in [-0.15, -0.1) is 0 Å². The number of aliphatic hydroxyl groups is 1. The van der Waals surface area contributed by atoms with E-state index in [-0.39, 0.29) is 24.4 Å². The third-order valence-electron chi connectivity index (χ3n) is 4.41. The summed E-state index contributed by atoms with van der Waals surface area (Å²) in [6.07, 6.45) is 0. The average molecular weight is 479 g/mol. The highest BCUT2D eigenvalue weighted by Gasteiger charge is 2.30. The Labute approximate surface area is 162 Å². The molecule has 0 amide bonds. The van der Waals surface area contributed by atoms with Gasteiger partial charge in [0, 0.05) is 30.1 Å². The van der Waals surface area contributed by atoms with Gasteiger partial charge in [-0.2, -0.15) is 5.23 Å². The van der Waals surface area contributed by atoms with Crippen molar-refractivity contribution >= 4 is 54.5 Å². The molecule has 10 heteroatoms. The highest BCUT2D eigenvalue weighted by atomic mass is 79.9. The summed E-state index contributed by atoms with van der Waals surface area (Å²) in [5.41, 5.74) is 1.34. The lowest BCUT2D eigenvalue weighted by atomic mass is 10.2. The Bertz CT molecular complexity index is 780. The summed E-state index contributed by atoms with van der Waals surface area (Å²) in [6, 6.07) is 1.88. The molecule has 3 rings (SSSR count). The Morgan fingerprint density at radius 2 is 2.20 bits per heavy atom. The topological polar surface area (TPSA) is 101 Å². The Morgan fingerprint density at radius 1 is 1.48 bits per heavy atom. The Hall–Kier alpha value is -0.750. The molecule has 0 saturated carbocycles. The smallest absolute Gasteiger partial charge is 0.207 e. The highest BCUT2D eigenvalue weighted by Crippen LogP contribution is 2.38. The minimum atomic E-state index is -1.03. The largest absolute Gasteiger partial charge is 0.595 e. The number of quaternary nitrogens is 1. The minimum absolute atomic E-state index is 0.00742. The average Bonchev–Trinajstić information content (AvgIpc) is 2.93. The van der Waals surface area contributed by atoms with E-state index in [0.29, 0.717) is 33.5 Å². The Kier molecular flexibility index (Phi) is 5.69. The molecule has 1 aliphatic heterocycles. The maximum Gasteiger partial charge on any atom is 0.207 e. The van der Waals surface area contributed by atoms with Crippen LogP contribution in [0.5, 0.6) is 0 Å². The van der Waals surface area contributed by atoms with Crippen LogP contribution in [0.3, 0.4) is 0 Å². The normalized spacial score (nSPS) is 19.8. The number of anilines is 1. The first kappa shape index (κ1) is 19.0. The molecular weight excluding hydrogens is 458 g/mol. The van der Waals surface area contributed by atoms with Crippen LogP contribution in [-0.2, 0) is 0 Å². The molecular formula is C15H21Br2N5O3. The van der Waals surface area contributed by atoms with Crippen LogP contribution in [0, 0.1) is 5.21 Å². The second kappa shape index (κ2) is 7.47. The van der Waals surface area contributed by atoms with Crippen molar-refractivity contribution in [2.75, 3.05) is 31.1 Å². The van der Waals surface area contributed by atoms with Gasteiger partial charge >= 0.3 is 0 Å². The molecule has 1 saturated heterocycles. The van der Waals surface area contributed by atoms with Crippen molar-refractivity contribution < 1.29 is 15.5 Å². The molecule has 2 unspecified atom stereocenters. The van der Waals surface area contributed by atoms with Gasteiger partial charge in [0.1, 0.15) is 0 Å². The van der Waals surface area contributed by atoms with Crippen molar-refractivity contribution in [1.82, 2.24) is 14.9 Å². The lowest BCUT2D eigenvalue weighted by molar-refractivity contribution is -0.990. The van der Waals surface area contributed by atoms with Gasteiger partial charge in [-0.3, -0.25) is 0 Å². The number of hydrogen-bond acceptors (Lipinski definition) is 6. The number of halogens is 2. The van der Waals surface area contributed by atoms with E-state index in [1.54, 1.807) is 0 Å². The van der Waals surface area contributed by atoms with Gasteiger partial charge in [-0.1, -0.05) is 0 Å². The molecule has 1 fully saturated rings. The number of nitrogens with zero attached hydrogens (tertiary/aromatic N) is 3. The van der Waals surface area contributed by atoms with Crippen molar-refractivity contribution in [3.8, 4) is 0 Å². The third-order valence-corrected chi connectivity index (χ3v) is 6.39. The lowest BCUT2D eigenvalue weighted by Crippen LogP contribution is -2.99. The van der Waals surface area contributed by atoms with E-state index < -0.39 is 5.23 Å². The predicted molar refractivity (Wildman–Crippen MR) is 102 cm³/mol. The van der Waals surface area contributed by atoms with Crippen LogP contribution >= 0.6 is 31.9 Å². The predicted octanol–water partition coefficient (Wildman–Crippen LogP) is 1.32. The van der Waals surface area contributed by atoms with E-state index in [9.17, 15) is 15.5 Å². The molecule has 0 bridgehead atoms. The zero-order valence-electron chi connectivity index (χ0n) is 14.0. The van der Waals surface area contributed by atoms with Crippen molar-refractivity contribution in [2.24, 2.45) is 0 Å². The van der Waals surface area contributed by atoms with Gasteiger partial charge in [0.15, 0.2) is 5.52 Å². The summed E-state index contributed by atoms with van der Waals surface area (Å²) in [7, 11) is 0. The number of fused-ring (bicyclic) bond motifs is 1. The summed E-state index contributed by atoms with van der Waals surface area (Å²) in [5.74, 6) is 0.693. The van der Waals surface area contributed by atoms with Crippen LogP contribution in [0.25, 0.3) is 11.0 Å². The zero-order chi connectivity index (χ0) is 18.3. The van der Waals surface area contributed by atoms with Crippen molar-refractivity contribution in [1.29, 1.82) is 0 Å². The molecule has 2 heterocycles. The summed E-state index contributed by atoms with van der Waals surface area (Å²) in [6.45, 7) is 6.24. The van der Waals surface area contributed by atoms with Crippen molar-refractivity contribution in [3.05, 3.63) is 20.2 Å². The van der Waals surface area contributed by atoms with Gasteiger partial charge in [-0.25, -0.2) is 10.2 Å². The number of nitrogens with one attached hydrogen (secondary N) is 2. The van der Waals surface area contributed by atoms with Crippen LogP contribution in [0.15, 0.2) is 15.0 Å². The highest BCUT2D eigenvalue weighted by molar-refractivity contribution is 9.13. The van der Waals surface area contributed by atoms with Crippen LogP contribution < -0.4 is 15.4 Å². The zero-order valence-corrected chi connectivity index (χ0v) is 17.1. The lowest BCUT2D eigenvalue weighted by Gasteiger charge is -2.36. The number of rotatable bonds is 4. The van der Waals surface area contributed by atoms with Crippen molar-refractivity contribution in [2.45, 2.75) is 25.9 Å². The second-order valence-corrected chi connectivity index (χ2v) is 7.98. The maximum atomic E-state index is 11.8. The fraction of sp³-hybridized carbons (Fsp3) is 0.533. The molecule has 0 radical (unpaired) electrons. The molecule has 2 atom stereocenters. The van der Waals surface area contributed by atoms with Gasteiger partial charge in [0.05, 0.1) is 22.6 Å². The van der Waals surface area contributed by atoms with E-state index in [1.165, 1.54) is 0 Å². The number of aliphatic hydroxyl groups excluding tert-OH is 1. The molecule has 1 aliphatic rings. The first-order chi connectivity index (χ1) is 11.9. The SMILES string of the molecule is CC(C)n1c(N2CCNCC2CO)nc2c([NH+]([O-])O)c(Br)c(Br)cc21. The quantitative estimate of drug-likeness (QED) is 0.494. The summed E-state index contributed by atoms with van der Waals surface area (Å²) in [5, 5.41) is 33.5.